The quantitative estimate of drug-likeness (QED) is 0.761. The molecule has 0 aromatic carbocycles. The molecule has 0 amide bonds. The van der Waals surface area contributed by atoms with Crippen molar-refractivity contribution in [2.45, 2.75) is 45.3 Å². The molecule has 118 valence electrons. The lowest BCUT2D eigenvalue weighted by molar-refractivity contribution is -0.150. The van der Waals surface area contributed by atoms with Gasteiger partial charge in [0, 0.05) is 25.5 Å². The highest BCUT2D eigenvalue weighted by atomic mass is 16.5. The zero-order chi connectivity index (χ0) is 15.3. The maximum atomic E-state index is 12.0. The summed E-state index contributed by atoms with van der Waals surface area (Å²) in [7, 11) is 1.81. The van der Waals surface area contributed by atoms with Crippen LogP contribution in [0.4, 0.5) is 0 Å². The Morgan fingerprint density at radius 2 is 2.33 bits per heavy atom. The molecule has 0 radical (unpaired) electrons. The van der Waals surface area contributed by atoms with Gasteiger partial charge < -0.3 is 14.6 Å². The van der Waals surface area contributed by atoms with E-state index in [1.165, 1.54) is 0 Å². The van der Waals surface area contributed by atoms with E-state index in [9.17, 15) is 4.79 Å². The van der Waals surface area contributed by atoms with E-state index in [0.29, 0.717) is 6.61 Å². The van der Waals surface area contributed by atoms with Gasteiger partial charge in [-0.2, -0.15) is 0 Å². The van der Waals surface area contributed by atoms with E-state index in [2.05, 4.69) is 19.8 Å². The van der Waals surface area contributed by atoms with Crippen molar-refractivity contribution in [2.75, 3.05) is 26.7 Å². The van der Waals surface area contributed by atoms with Gasteiger partial charge in [0.15, 0.2) is 0 Å². The van der Waals surface area contributed by atoms with Gasteiger partial charge >= 0.3 is 5.97 Å². The Bertz CT molecular complexity index is 474. The lowest BCUT2D eigenvalue weighted by atomic mass is 9.96. The van der Waals surface area contributed by atoms with Crippen LogP contribution in [-0.4, -0.2) is 52.7 Å². The molecule has 2 heterocycles. The van der Waals surface area contributed by atoms with Crippen LogP contribution >= 0.6 is 0 Å². The van der Waals surface area contributed by atoms with Crippen LogP contribution < -0.4 is 5.32 Å². The summed E-state index contributed by atoms with van der Waals surface area (Å²) in [6.07, 6.45) is 5.62. The third-order valence-electron chi connectivity index (χ3n) is 4.25. The Morgan fingerprint density at radius 3 is 3.05 bits per heavy atom. The lowest BCUT2D eigenvalue weighted by Gasteiger charge is -2.30. The number of aromatic nitrogens is 2. The van der Waals surface area contributed by atoms with Crippen molar-refractivity contribution in [2.24, 2.45) is 0 Å². The summed E-state index contributed by atoms with van der Waals surface area (Å²) in [6, 6.07) is 0. The molecule has 0 saturated carbocycles. The highest BCUT2D eigenvalue weighted by Crippen LogP contribution is 2.16. The Kier molecular flexibility index (Phi) is 5.36. The molecule has 21 heavy (non-hydrogen) atoms. The van der Waals surface area contributed by atoms with E-state index >= 15 is 0 Å². The fourth-order valence-corrected chi connectivity index (χ4v) is 2.69. The van der Waals surface area contributed by atoms with Crippen LogP contribution in [0.15, 0.2) is 12.4 Å². The number of esters is 1. The van der Waals surface area contributed by atoms with E-state index in [1.807, 2.05) is 33.3 Å². The van der Waals surface area contributed by atoms with E-state index in [1.54, 1.807) is 0 Å². The molecular formula is C15H26N4O2. The first-order valence-electron chi connectivity index (χ1n) is 7.67. The standard InChI is InChI=1S/C15H26N4O2/c1-4-21-14(20)15(2,16-3)6-5-8-18-10-11-19-9-7-17-13(19)12-18/h7,9,16H,4-6,8,10-12H2,1-3H3. The zero-order valence-corrected chi connectivity index (χ0v) is 13.3. The number of carbonyl (C=O) groups is 1. The number of fused-ring (bicyclic) bond motifs is 1. The van der Waals surface area contributed by atoms with Crippen molar-refractivity contribution in [3.63, 3.8) is 0 Å². The second kappa shape index (κ2) is 7.04. The summed E-state index contributed by atoms with van der Waals surface area (Å²) in [5.41, 5.74) is -0.593. The predicted molar refractivity (Wildman–Crippen MR) is 80.8 cm³/mol. The zero-order valence-electron chi connectivity index (χ0n) is 13.3. The average Bonchev–Trinajstić information content (AvgIpc) is 2.94. The second-order valence-electron chi connectivity index (χ2n) is 5.72. The lowest BCUT2D eigenvalue weighted by Crippen LogP contribution is -2.49. The molecule has 1 unspecified atom stereocenters. The maximum absolute atomic E-state index is 12.0. The minimum Gasteiger partial charge on any atom is -0.465 e. The number of hydrogen-bond acceptors (Lipinski definition) is 5. The van der Waals surface area contributed by atoms with Crippen LogP contribution in [0.1, 0.15) is 32.5 Å². The summed E-state index contributed by atoms with van der Waals surface area (Å²) >= 11 is 0. The highest BCUT2D eigenvalue weighted by Gasteiger charge is 2.32. The molecule has 1 atom stereocenters. The van der Waals surface area contributed by atoms with Crippen molar-refractivity contribution in [1.82, 2.24) is 19.8 Å². The number of likely N-dealkylation sites (N-methyl/N-ethyl adjacent to an activating group) is 1. The number of nitrogens with one attached hydrogen (secondary N) is 1. The molecule has 1 aromatic rings. The van der Waals surface area contributed by atoms with Gasteiger partial charge in [-0.1, -0.05) is 0 Å². The summed E-state index contributed by atoms with van der Waals surface area (Å²) in [5, 5.41) is 3.10. The number of rotatable bonds is 7. The maximum Gasteiger partial charge on any atom is 0.326 e. The van der Waals surface area contributed by atoms with Crippen LogP contribution in [0.2, 0.25) is 0 Å². The molecule has 6 nitrogen and oxygen atoms in total. The van der Waals surface area contributed by atoms with Gasteiger partial charge in [-0.3, -0.25) is 9.69 Å². The predicted octanol–water partition coefficient (Wildman–Crippen LogP) is 1.02. The Hall–Kier alpha value is -1.40. The molecule has 0 aliphatic carbocycles. The molecule has 0 fully saturated rings. The largest absolute Gasteiger partial charge is 0.465 e. The van der Waals surface area contributed by atoms with Gasteiger partial charge in [0.2, 0.25) is 0 Å². The minimum absolute atomic E-state index is 0.165. The van der Waals surface area contributed by atoms with Crippen LogP contribution in [0.25, 0.3) is 0 Å². The number of carbonyl (C=O) groups excluding carboxylic acids is 1. The summed E-state index contributed by atoms with van der Waals surface area (Å²) in [4.78, 5) is 18.8. The third-order valence-corrected chi connectivity index (χ3v) is 4.25. The van der Waals surface area contributed by atoms with Crippen molar-refractivity contribution in [1.29, 1.82) is 0 Å². The summed E-state index contributed by atoms with van der Waals surface area (Å²) in [5.74, 6) is 0.963. The van der Waals surface area contributed by atoms with Gasteiger partial charge in [-0.25, -0.2) is 4.98 Å². The van der Waals surface area contributed by atoms with Gasteiger partial charge in [0.05, 0.1) is 13.2 Å². The van der Waals surface area contributed by atoms with E-state index < -0.39 is 5.54 Å². The first kappa shape index (κ1) is 16.0. The van der Waals surface area contributed by atoms with E-state index in [0.717, 1.165) is 44.8 Å². The molecule has 0 saturated heterocycles. The van der Waals surface area contributed by atoms with E-state index in [-0.39, 0.29) is 5.97 Å². The Balaban J connectivity index is 1.80. The van der Waals surface area contributed by atoms with E-state index in [4.69, 9.17) is 4.74 Å². The monoisotopic (exact) mass is 294 g/mol. The summed E-state index contributed by atoms with van der Waals surface area (Å²) < 4.78 is 7.35. The smallest absolute Gasteiger partial charge is 0.326 e. The van der Waals surface area contributed by atoms with Gasteiger partial charge in [0.25, 0.3) is 0 Å². The molecule has 2 rings (SSSR count). The molecule has 1 aliphatic rings. The number of hydrogen-bond donors (Lipinski definition) is 1. The van der Waals surface area contributed by atoms with Crippen LogP contribution in [0, 0.1) is 0 Å². The normalized spacial score (nSPS) is 18.0. The number of ether oxygens (including phenoxy) is 1. The summed E-state index contributed by atoms with van der Waals surface area (Å²) in [6.45, 7) is 8.07. The molecule has 0 spiro atoms. The highest BCUT2D eigenvalue weighted by molar-refractivity contribution is 5.80. The fourth-order valence-electron chi connectivity index (χ4n) is 2.69. The Morgan fingerprint density at radius 1 is 1.52 bits per heavy atom. The van der Waals surface area contributed by atoms with Gasteiger partial charge in [-0.15, -0.1) is 0 Å². The minimum atomic E-state index is -0.593. The van der Waals surface area contributed by atoms with Crippen molar-refractivity contribution < 1.29 is 9.53 Å². The third kappa shape index (κ3) is 3.83. The second-order valence-corrected chi connectivity index (χ2v) is 5.72. The van der Waals surface area contributed by atoms with Crippen molar-refractivity contribution in [3.8, 4) is 0 Å². The molecular weight excluding hydrogens is 268 g/mol. The van der Waals surface area contributed by atoms with Crippen molar-refractivity contribution in [3.05, 3.63) is 18.2 Å². The molecule has 1 aliphatic heterocycles. The van der Waals surface area contributed by atoms with Crippen LogP contribution in [0.3, 0.4) is 0 Å². The van der Waals surface area contributed by atoms with Gasteiger partial charge in [-0.05, 0) is 40.3 Å². The first-order chi connectivity index (χ1) is 10.1. The molecule has 6 heteroatoms. The van der Waals surface area contributed by atoms with Crippen molar-refractivity contribution >= 4 is 5.97 Å². The van der Waals surface area contributed by atoms with Crippen LogP contribution in [0.5, 0.6) is 0 Å². The molecule has 1 aromatic heterocycles. The van der Waals surface area contributed by atoms with Crippen LogP contribution in [-0.2, 0) is 22.6 Å². The topological polar surface area (TPSA) is 59.4 Å². The molecule has 1 N–H and O–H groups in total. The first-order valence-corrected chi connectivity index (χ1v) is 7.67. The average molecular weight is 294 g/mol. The number of imidazole rings is 1. The Labute approximate surface area is 126 Å². The fraction of sp³-hybridized carbons (Fsp3) is 0.733. The van der Waals surface area contributed by atoms with Gasteiger partial charge in [0.1, 0.15) is 11.4 Å². The molecule has 0 bridgehead atoms. The number of nitrogens with zero attached hydrogens (tertiary/aromatic N) is 3. The SMILES string of the molecule is CCOC(=O)C(C)(CCCN1CCn2ccnc2C1)NC.